The summed E-state index contributed by atoms with van der Waals surface area (Å²) in [5.74, 6) is 0.232. The lowest BCUT2D eigenvalue weighted by Gasteiger charge is -2.33. The molecule has 0 saturated carbocycles. The number of likely N-dealkylation sites (tertiary alicyclic amines) is 2. The highest BCUT2D eigenvalue weighted by molar-refractivity contribution is 5.91. The highest BCUT2D eigenvalue weighted by Gasteiger charge is 2.38. The third kappa shape index (κ3) is 2.53. The van der Waals surface area contributed by atoms with Gasteiger partial charge in [-0.2, -0.15) is 0 Å². The van der Waals surface area contributed by atoms with E-state index in [1.165, 1.54) is 25.5 Å². The highest BCUT2D eigenvalue weighted by atomic mass is 16.3. The minimum atomic E-state index is -0.447. The van der Waals surface area contributed by atoms with Crippen molar-refractivity contribution in [2.24, 2.45) is 0 Å². The number of nitrogens with zero attached hydrogens (tertiary/aromatic N) is 2. The first-order valence-electron chi connectivity index (χ1n) is 7.00. The quantitative estimate of drug-likeness (QED) is 0.864. The first-order valence-corrected chi connectivity index (χ1v) is 7.00. The van der Waals surface area contributed by atoms with Crippen molar-refractivity contribution >= 4 is 5.91 Å². The molecule has 2 aliphatic rings. The third-order valence-electron chi connectivity index (χ3n) is 4.14. The van der Waals surface area contributed by atoms with Crippen molar-refractivity contribution in [1.82, 2.24) is 9.80 Å². The summed E-state index contributed by atoms with van der Waals surface area (Å²) < 4.78 is 5.14. The lowest BCUT2D eigenvalue weighted by Crippen LogP contribution is -2.46. The van der Waals surface area contributed by atoms with E-state index in [-0.39, 0.29) is 11.9 Å². The molecular weight excluding hydrogens is 244 g/mol. The van der Waals surface area contributed by atoms with Crippen molar-refractivity contribution < 1.29 is 14.3 Å². The van der Waals surface area contributed by atoms with Crippen molar-refractivity contribution in [3.05, 3.63) is 24.2 Å². The van der Waals surface area contributed by atoms with Gasteiger partial charge in [-0.1, -0.05) is 6.42 Å². The first-order chi connectivity index (χ1) is 9.25. The summed E-state index contributed by atoms with van der Waals surface area (Å²) in [6, 6.07) is 3.46. The molecule has 0 aliphatic carbocycles. The predicted molar refractivity (Wildman–Crippen MR) is 69.8 cm³/mol. The molecule has 0 unspecified atom stereocenters. The average molecular weight is 264 g/mol. The number of carbonyl (C=O) groups is 1. The van der Waals surface area contributed by atoms with E-state index in [2.05, 4.69) is 4.90 Å². The van der Waals surface area contributed by atoms with Gasteiger partial charge in [0.1, 0.15) is 0 Å². The maximum absolute atomic E-state index is 12.2. The van der Waals surface area contributed by atoms with Crippen LogP contribution in [0, 0.1) is 0 Å². The Morgan fingerprint density at radius 3 is 2.74 bits per heavy atom. The molecule has 2 fully saturated rings. The Hall–Kier alpha value is -1.33. The largest absolute Gasteiger partial charge is 0.459 e. The van der Waals surface area contributed by atoms with E-state index in [9.17, 15) is 9.90 Å². The fourth-order valence-electron chi connectivity index (χ4n) is 3.10. The SMILES string of the molecule is O=C(c1ccco1)N1C[C@H](O)[C@@H](N2CCCCC2)C1. The lowest BCUT2D eigenvalue weighted by molar-refractivity contribution is 0.0700. The third-order valence-corrected chi connectivity index (χ3v) is 4.14. The van der Waals surface area contributed by atoms with Crippen molar-refractivity contribution in [3.63, 3.8) is 0 Å². The molecule has 2 saturated heterocycles. The predicted octanol–water partition coefficient (Wildman–Crippen LogP) is 0.951. The zero-order valence-corrected chi connectivity index (χ0v) is 11.0. The van der Waals surface area contributed by atoms with Gasteiger partial charge in [-0.25, -0.2) is 0 Å². The number of furan rings is 1. The molecule has 2 atom stereocenters. The fraction of sp³-hybridized carbons (Fsp3) is 0.643. The highest BCUT2D eigenvalue weighted by Crippen LogP contribution is 2.22. The van der Waals surface area contributed by atoms with E-state index < -0.39 is 6.10 Å². The van der Waals surface area contributed by atoms with Crippen LogP contribution in [0.5, 0.6) is 0 Å². The molecule has 0 bridgehead atoms. The van der Waals surface area contributed by atoms with Crippen LogP contribution in [0.4, 0.5) is 0 Å². The lowest BCUT2D eigenvalue weighted by atomic mass is 10.1. The summed E-state index contributed by atoms with van der Waals surface area (Å²) in [4.78, 5) is 16.2. The minimum absolute atomic E-state index is 0.0826. The van der Waals surface area contributed by atoms with Crippen LogP contribution >= 0.6 is 0 Å². The van der Waals surface area contributed by atoms with E-state index >= 15 is 0 Å². The van der Waals surface area contributed by atoms with Crippen LogP contribution in [0.2, 0.25) is 0 Å². The van der Waals surface area contributed by atoms with Gasteiger partial charge in [0, 0.05) is 13.1 Å². The van der Waals surface area contributed by atoms with Gasteiger partial charge in [0.05, 0.1) is 18.4 Å². The molecule has 1 aromatic rings. The summed E-state index contributed by atoms with van der Waals surface area (Å²) in [5, 5.41) is 10.2. The number of β-amino-alcohol motifs (C(OH)–C–C–N with tert-alkyl or cyclic N) is 1. The number of hydrogen-bond donors (Lipinski definition) is 1. The van der Waals surface area contributed by atoms with Gasteiger partial charge < -0.3 is 14.4 Å². The molecule has 0 aromatic carbocycles. The molecule has 1 aromatic heterocycles. The zero-order valence-electron chi connectivity index (χ0n) is 11.0. The van der Waals surface area contributed by atoms with Crippen molar-refractivity contribution in [3.8, 4) is 0 Å². The number of amides is 1. The second-order valence-corrected chi connectivity index (χ2v) is 5.42. The second-order valence-electron chi connectivity index (χ2n) is 5.42. The van der Waals surface area contributed by atoms with E-state index in [1.54, 1.807) is 17.0 Å². The van der Waals surface area contributed by atoms with E-state index in [1.807, 2.05) is 0 Å². The summed E-state index contributed by atoms with van der Waals surface area (Å²) in [6.07, 6.45) is 4.71. The van der Waals surface area contributed by atoms with Gasteiger partial charge in [-0.15, -0.1) is 0 Å². The number of aliphatic hydroxyl groups excluding tert-OH is 1. The van der Waals surface area contributed by atoms with Crippen LogP contribution in [-0.4, -0.2) is 59.1 Å². The van der Waals surface area contributed by atoms with Crippen LogP contribution < -0.4 is 0 Å². The monoisotopic (exact) mass is 264 g/mol. The number of aliphatic hydroxyl groups is 1. The fourth-order valence-corrected chi connectivity index (χ4v) is 3.10. The van der Waals surface area contributed by atoms with Crippen LogP contribution in [-0.2, 0) is 0 Å². The molecule has 3 heterocycles. The van der Waals surface area contributed by atoms with Gasteiger partial charge in [0.2, 0.25) is 0 Å². The Morgan fingerprint density at radius 2 is 2.05 bits per heavy atom. The van der Waals surface area contributed by atoms with E-state index in [0.717, 1.165) is 13.1 Å². The summed E-state index contributed by atoms with van der Waals surface area (Å²) in [6.45, 7) is 3.07. The van der Waals surface area contributed by atoms with Gasteiger partial charge in [0.25, 0.3) is 5.91 Å². The number of hydrogen-bond acceptors (Lipinski definition) is 4. The Balaban J connectivity index is 1.65. The zero-order chi connectivity index (χ0) is 13.2. The molecule has 5 nitrogen and oxygen atoms in total. The minimum Gasteiger partial charge on any atom is -0.459 e. The standard InChI is InChI=1S/C14H20N2O3/c17-12-10-16(14(18)13-5-4-8-19-13)9-11(12)15-6-2-1-3-7-15/h4-5,8,11-12,17H,1-3,6-7,9-10H2/t11-,12-/m0/s1. The summed E-state index contributed by atoms with van der Waals surface area (Å²) >= 11 is 0. The number of piperidine rings is 1. The molecule has 19 heavy (non-hydrogen) atoms. The van der Waals surface area contributed by atoms with E-state index in [0.29, 0.717) is 18.8 Å². The molecular formula is C14H20N2O3. The molecule has 0 radical (unpaired) electrons. The topological polar surface area (TPSA) is 56.9 Å². The van der Waals surface area contributed by atoms with Crippen molar-refractivity contribution in [2.45, 2.75) is 31.4 Å². The molecule has 104 valence electrons. The Bertz CT molecular complexity index is 426. The smallest absolute Gasteiger partial charge is 0.289 e. The van der Waals surface area contributed by atoms with Crippen LogP contribution in [0.15, 0.2) is 22.8 Å². The van der Waals surface area contributed by atoms with Gasteiger partial charge in [-0.05, 0) is 38.1 Å². The molecule has 2 aliphatic heterocycles. The summed E-state index contributed by atoms with van der Waals surface area (Å²) in [7, 11) is 0. The van der Waals surface area contributed by atoms with Crippen molar-refractivity contribution in [2.75, 3.05) is 26.2 Å². The molecule has 0 spiro atoms. The Morgan fingerprint density at radius 1 is 1.26 bits per heavy atom. The van der Waals surface area contributed by atoms with Gasteiger partial charge >= 0.3 is 0 Å². The Kier molecular flexibility index (Phi) is 3.57. The van der Waals surface area contributed by atoms with Crippen LogP contribution in [0.1, 0.15) is 29.8 Å². The van der Waals surface area contributed by atoms with Gasteiger partial charge in [0.15, 0.2) is 5.76 Å². The van der Waals surface area contributed by atoms with Crippen molar-refractivity contribution in [1.29, 1.82) is 0 Å². The number of rotatable bonds is 2. The molecule has 1 amide bonds. The number of carbonyl (C=O) groups excluding carboxylic acids is 1. The van der Waals surface area contributed by atoms with Crippen LogP contribution in [0.25, 0.3) is 0 Å². The second kappa shape index (κ2) is 5.35. The Labute approximate surface area is 112 Å². The van der Waals surface area contributed by atoms with E-state index in [4.69, 9.17) is 4.42 Å². The van der Waals surface area contributed by atoms with Gasteiger partial charge in [-0.3, -0.25) is 9.69 Å². The molecule has 1 N–H and O–H groups in total. The maximum atomic E-state index is 12.2. The van der Waals surface area contributed by atoms with Crippen LogP contribution in [0.3, 0.4) is 0 Å². The summed E-state index contributed by atoms with van der Waals surface area (Å²) in [5.41, 5.74) is 0. The molecule has 3 rings (SSSR count). The maximum Gasteiger partial charge on any atom is 0.289 e. The average Bonchev–Trinajstić information content (AvgIpc) is 3.08. The normalized spacial score (nSPS) is 28.8. The first kappa shape index (κ1) is 12.7. The molecule has 5 heteroatoms.